The molecule has 0 spiro atoms. The lowest BCUT2D eigenvalue weighted by molar-refractivity contribution is 0.354. The van der Waals surface area contributed by atoms with Crippen LogP contribution in [0.5, 0.6) is 11.5 Å². The molecule has 0 saturated heterocycles. The summed E-state index contributed by atoms with van der Waals surface area (Å²) < 4.78 is 10.6. The van der Waals surface area contributed by atoms with E-state index in [0.717, 1.165) is 52.2 Å². The zero-order chi connectivity index (χ0) is 19.8. The highest BCUT2D eigenvalue weighted by molar-refractivity contribution is 6.30. The number of anilines is 2. The predicted octanol–water partition coefficient (Wildman–Crippen LogP) is 4.41. The van der Waals surface area contributed by atoms with Crippen LogP contribution < -0.4 is 20.1 Å². The third kappa shape index (κ3) is 5.50. The minimum atomic E-state index is 0.666. The molecule has 3 aromatic rings. The van der Waals surface area contributed by atoms with E-state index in [-0.39, 0.29) is 0 Å². The Morgan fingerprint density at radius 1 is 0.821 bits per heavy atom. The van der Waals surface area contributed by atoms with Gasteiger partial charge in [0.1, 0.15) is 18.0 Å². The largest absolute Gasteiger partial charge is 0.493 e. The summed E-state index contributed by atoms with van der Waals surface area (Å²) in [5.41, 5.74) is 2.28. The third-order valence-electron chi connectivity index (χ3n) is 4.22. The lowest BCUT2D eigenvalue weighted by Crippen LogP contribution is -2.08. The second-order valence-electron chi connectivity index (χ2n) is 6.13. The Balaban J connectivity index is 1.52. The van der Waals surface area contributed by atoms with Gasteiger partial charge < -0.3 is 20.1 Å². The number of ether oxygens (including phenoxy) is 2. The van der Waals surface area contributed by atoms with Gasteiger partial charge in [-0.05, 0) is 41.8 Å². The van der Waals surface area contributed by atoms with Crippen molar-refractivity contribution in [1.82, 2.24) is 9.97 Å². The first-order valence-electron chi connectivity index (χ1n) is 8.93. The lowest BCUT2D eigenvalue weighted by Gasteiger charge is -2.11. The van der Waals surface area contributed by atoms with Gasteiger partial charge in [0, 0.05) is 24.2 Å². The molecule has 0 amide bonds. The van der Waals surface area contributed by atoms with E-state index < -0.39 is 0 Å². The molecule has 7 heteroatoms. The summed E-state index contributed by atoms with van der Waals surface area (Å²) in [5.74, 6) is 3.00. The number of nitrogens with one attached hydrogen (secondary N) is 2. The van der Waals surface area contributed by atoms with Crippen molar-refractivity contribution in [1.29, 1.82) is 0 Å². The van der Waals surface area contributed by atoms with Crippen LogP contribution in [0.2, 0.25) is 5.02 Å². The molecule has 6 nitrogen and oxygen atoms in total. The molecule has 0 radical (unpaired) electrons. The molecule has 0 aliphatic carbocycles. The second-order valence-corrected chi connectivity index (χ2v) is 6.57. The standard InChI is InChI=1S/C21H23ClN4O2/c1-27-18-8-5-15(11-19(18)28-2)9-10-23-20-12-21(26-14-25-20)24-13-16-3-6-17(22)7-4-16/h3-8,11-12,14H,9-10,13H2,1-2H3,(H2,23,24,25,26). The van der Waals surface area contributed by atoms with Gasteiger partial charge in [-0.25, -0.2) is 9.97 Å². The number of methoxy groups -OCH3 is 2. The molecule has 1 aromatic heterocycles. The Bertz CT molecular complexity index is 903. The van der Waals surface area contributed by atoms with Crippen molar-refractivity contribution in [2.24, 2.45) is 0 Å². The smallest absolute Gasteiger partial charge is 0.160 e. The number of rotatable bonds is 9. The SMILES string of the molecule is COc1ccc(CCNc2cc(NCc3ccc(Cl)cc3)ncn2)cc1OC. The van der Waals surface area contributed by atoms with Crippen LogP contribution in [-0.4, -0.2) is 30.7 Å². The van der Waals surface area contributed by atoms with Crippen LogP contribution in [0.3, 0.4) is 0 Å². The molecule has 3 rings (SSSR count). The molecule has 0 bridgehead atoms. The fraction of sp³-hybridized carbons (Fsp3) is 0.238. The van der Waals surface area contributed by atoms with Crippen LogP contribution in [0, 0.1) is 0 Å². The quantitative estimate of drug-likeness (QED) is 0.556. The van der Waals surface area contributed by atoms with Crippen molar-refractivity contribution in [2.75, 3.05) is 31.4 Å². The molecular formula is C21H23ClN4O2. The summed E-state index contributed by atoms with van der Waals surface area (Å²) in [6.45, 7) is 1.41. The molecule has 0 fully saturated rings. The van der Waals surface area contributed by atoms with E-state index >= 15 is 0 Å². The highest BCUT2D eigenvalue weighted by Gasteiger charge is 2.05. The van der Waals surface area contributed by atoms with Crippen LogP contribution in [0.25, 0.3) is 0 Å². The molecule has 0 atom stereocenters. The van der Waals surface area contributed by atoms with E-state index in [1.54, 1.807) is 20.5 Å². The summed E-state index contributed by atoms with van der Waals surface area (Å²) in [7, 11) is 3.27. The molecule has 1 heterocycles. The van der Waals surface area contributed by atoms with Crippen molar-refractivity contribution >= 4 is 23.2 Å². The second kappa shape index (κ2) is 9.80. The number of benzene rings is 2. The van der Waals surface area contributed by atoms with Crippen molar-refractivity contribution in [2.45, 2.75) is 13.0 Å². The minimum Gasteiger partial charge on any atom is -0.493 e. The Kier molecular flexibility index (Phi) is 6.92. The predicted molar refractivity (Wildman–Crippen MR) is 113 cm³/mol. The normalized spacial score (nSPS) is 10.4. The lowest BCUT2D eigenvalue weighted by atomic mass is 10.1. The fourth-order valence-electron chi connectivity index (χ4n) is 2.72. The highest BCUT2D eigenvalue weighted by Crippen LogP contribution is 2.27. The van der Waals surface area contributed by atoms with E-state index in [2.05, 4.69) is 20.6 Å². The summed E-state index contributed by atoms with van der Waals surface area (Å²) >= 11 is 5.91. The van der Waals surface area contributed by atoms with E-state index in [0.29, 0.717) is 6.54 Å². The topological polar surface area (TPSA) is 68.3 Å². The molecular weight excluding hydrogens is 376 g/mol. The van der Waals surface area contributed by atoms with Gasteiger partial charge in [-0.1, -0.05) is 29.8 Å². The van der Waals surface area contributed by atoms with Crippen molar-refractivity contribution < 1.29 is 9.47 Å². The maximum atomic E-state index is 5.91. The molecule has 28 heavy (non-hydrogen) atoms. The molecule has 0 unspecified atom stereocenters. The van der Waals surface area contributed by atoms with Crippen molar-refractivity contribution in [3.8, 4) is 11.5 Å². The van der Waals surface area contributed by atoms with Gasteiger partial charge >= 0.3 is 0 Å². The molecule has 0 aliphatic rings. The fourth-order valence-corrected chi connectivity index (χ4v) is 2.84. The van der Waals surface area contributed by atoms with E-state index in [9.17, 15) is 0 Å². The maximum absolute atomic E-state index is 5.91. The zero-order valence-corrected chi connectivity index (χ0v) is 16.7. The first-order chi connectivity index (χ1) is 13.7. The number of halogens is 1. The van der Waals surface area contributed by atoms with Crippen LogP contribution in [0.1, 0.15) is 11.1 Å². The molecule has 2 aromatic carbocycles. The van der Waals surface area contributed by atoms with E-state index in [1.165, 1.54) is 0 Å². The number of nitrogens with zero attached hydrogens (tertiary/aromatic N) is 2. The van der Waals surface area contributed by atoms with Gasteiger partial charge in [0.15, 0.2) is 11.5 Å². The van der Waals surface area contributed by atoms with Gasteiger partial charge in [-0.2, -0.15) is 0 Å². The Morgan fingerprint density at radius 3 is 2.21 bits per heavy atom. The summed E-state index contributed by atoms with van der Waals surface area (Å²) in [6.07, 6.45) is 2.38. The van der Waals surface area contributed by atoms with Crippen molar-refractivity contribution in [3.05, 3.63) is 71.0 Å². The third-order valence-corrected chi connectivity index (χ3v) is 4.47. The van der Waals surface area contributed by atoms with E-state index in [4.69, 9.17) is 21.1 Å². The maximum Gasteiger partial charge on any atom is 0.160 e. The van der Waals surface area contributed by atoms with Gasteiger partial charge in [-0.15, -0.1) is 0 Å². The highest BCUT2D eigenvalue weighted by atomic mass is 35.5. The average molecular weight is 399 g/mol. The van der Waals surface area contributed by atoms with Gasteiger partial charge in [-0.3, -0.25) is 0 Å². The number of aromatic nitrogens is 2. The Labute approximate surface area is 169 Å². The first-order valence-corrected chi connectivity index (χ1v) is 9.31. The summed E-state index contributed by atoms with van der Waals surface area (Å²) in [5, 5.41) is 7.35. The van der Waals surface area contributed by atoms with Crippen molar-refractivity contribution in [3.63, 3.8) is 0 Å². The summed E-state index contributed by atoms with van der Waals surface area (Å²) in [6, 6.07) is 15.5. The first kappa shape index (κ1) is 19.8. The van der Waals surface area contributed by atoms with E-state index in [1.807, 2.05) is 48.5 Å². The Hall–Kier alpha value is -2.99. The average Bonchev–Trinajstić information content (AvgIpc) is 2.73. The molecule has 0 aliphatic heterocycles. The Morgan fingerprint density at radius 2 is 1.50 bits per heavy atom. The van der Waals surface area contributed by atoms with Gasteiger partial charge in [0.25, 0.3) is 0 Å². The van der Waals surface area contributed by atoms with Gasteiger partial charge in [0.2, 0.25) is 0 Å². The number of hydrogen-bond donors (Lipinski definition) is 2. The molecule has 146 valence electrons. The van der Waals surface area contributed by atoms with Gasteiger partial charge in [0.05, 0.1) is 14.2 Å². The zero-order valence-electron chi connectivity index (χ0n) is 15.9. The number of hydrogen-bond acceptors (Lipinski definition) is 6. The molecule has 0 saturated carbocycles. The van der Waals surface area contributed by atoms with Crippen LogP contribution in [0.15, 0.2) is 54.9 Å². The van der Waals surface area contributed by atoms with Crippen LogP contribution in [-0.2, 0) is 13.0 Å². The summed E-state index contributed by atoms with van der Waals surface area (Å²) in [4.78, 5) is 8.54. The molecule has 2 N–H and O–H groups in total. The van der Waals surface area contributed by atoms with Crippen LogP contribution in [0.4, 0.5) is 11.6 Å². The van der Waals surface area contributed by atoms with Crippen LogP contribution >= 0.6 is 11.6 Å². The monoisotopic (exact) mass is 398 g/mol. The minimum absolute atomic E-state index is 0.666.